The Morgan fingerprint density at radius 2 is 2.13 bits per heavy atom. The van der Waals surface area contributed by atoms with Crippen LogP contribution in [0.3, 0.4) is 0 Å². The fourth-order valence-electron chi connectivity index (χ4n) is 2.65. The highest BCUT2D eigenvalue weighted by Crippen LogP contribution is 2.39. The third kappa shape index (κ3) is 2.58. The van der Waals surface area contributed by atoms with Crippen LogP contribution in [0.2, 0.25) is 0 Å². The molecule has 0 radical (unpaired) electrons. The van der Waals surface area contributed by atoms with Gasteiger partial charge in [-0.2, -0.15) is 4.98 Å². The monoisotopic (exact) mass is 314 g/mol. The highest BCUT2D eigenvalue weighted by molar-refractivity contribution is 6.02. The topological polar surface area (TPSA) is 92.5 Å². The van der Waals surface area contributed by atoms with E-state index in [-0.39, 0.29) is 6.61 Å². The number of pyridine rings is 1. The summed E-state index contributed by atoms with van der Waals surface area (Å²) in [5.74, 6) is 0.714. The van der Waals surface area contributed by atoms with E-state index in [1.165, 1.54) is 0 Å². The fourth-order valence-corrected chi connectivity index (χ4v) is 2.65. The number of nitrogens with one attached hydrogen (secondary N) is 1. The van der Waals surface area contributed by atoms with E-state index in [2.05, 4.69) is 15.3 Å². The van der Waals surface area contributed by atoms with Gasteiger partial charge in [-0.3, -0.25) is 4.52 Å². The maximum absolute atomic E-state index is 12.5. The van der Waals surface area contributed by atoms with Crippen molar-refractivity contribution in [3.05, 3.63) is 40.5 Å². The first-order valence-corrected chi connectivity index (χ1v) is 7.53. The van der Waals surface area contributed by atoms with E-state index in [1.54, 1.807) is 19.9 Å². The predicted octanol–water partition coefficient (Wildman–Crippen LogP) is 2.48. The minimum atomic E-state index is -0.419. The van der Waals surface area contributed by atoms with Gasteiger partial charge in [0.05, 0.1) is 11.3 Å². The van der Waals surface area contributed by atoms with Gasteiger partial charge < -0.3 is 9.26 Å². The van der Waals surface area contributed by atoms with Crippen molar-refractivity contribution < 1.29 is 23.6 Å². The molecule has 7 nitrogen and oxygen atoms in total. The Balaban J connectivity index is 1.65. The average Bonchev–Trinajstić information content (AvgIpc) is 3.22. The Hall–Kier alpha value is -2.70. The van der Waals surface area contributed by atoms with E-state index in [9.17, 15) is 4.79 Å². The van der Waals surface area contributed by atoms with Crippen molar-refractivity contribution in [2.45, 2.75) is 39.2 Å². The highest BCUT2D eigenvalue weighted by Gasteiger charge is 2.33. The molecule has 118 valence electrons. The Kier molecular flexibility index (Phi) is 3.14. The van der Waals surface area contributed by atoms with Gasteiger partial charge in [0.1, 0.15) is 23.4 Å². The van der Waals surface area contributed by atoms with E-state index in [0.717, 1.165) is 18.5 Å². The summed E-state index contributed by atoms with van der Waals surface area (Å²) >= 11 is 0. The van der Waals surface area contributed by atoms with Crippen LogP contribution in [0.25, 0.3) is 11.1 Å². The van der Waals surface area contributed by atoms with Crippen LogP contribution in [0.5, 0.6) is 0 Å². The van der Waals surface area contributed by atoms with Gasteiger partial charge in [-0.15, -0.1) is 0 Å². The molecule has 1 saturated carbocycles. The van der Waals surface area contributed by atoms with Crippen LogP contribution >= 0.6 is 0 Å². The maximum atomic E-state index is 12.5. The lowest BCUT2D eigenvalue weighted by molar-refractivity contribution is -0.370. The zero-order valence-electron chi connectivity index (χ0n) is 12.9. The van der Waals surface area contributed by atoms with Crippen LogP contribution in [0, 0.1) is 13.8 Å². The summed E-state index contributed by atoms with van der Waals surface area (Å²) in [6, 6.07) is 3.59. The number of aromatic nitrogens is 3. The number of carbonyl (C=O) groups excluding carboxylic acids is 1. The molecule has 0 bridgehead atoms. The lowest BCUT2D eigenvalue weighted by atomic mass is 10.1. The molecule has 0 saturated heterocycles. The summed E-state index contributed by atoms with van der Waals surface area (Å²) in [6.45, 7) is 3.66. The summed E-state index contributed by atoms with van der Waals surface area (Å²) in [5, 5.41) is 8.42. The van der Waals surface area contributed by atoms with Gasteiger partial charge in [0.2, 0.25) is 0 Å². The average molecular weight is 314 g/mol. The second-order valence-corrected chi connectivity index (χ2v) is 5.89. The van der Waals surface area contributed by atoms with Crippen LogP contribution in [0.1, 0.15) is 52.0 Å². The van der Waals surface area contributed by atoms with Crippen molar-refractivity contribution in [3.63, 3.8) is 0 Å². The Labute approximate surface area is 131 Å². The molecule has 0 aromatic carbocycles. The van der Waals surface area contributed by atoms with Crippen molar-refractivity contribution in [2.75, 3.05) is 0 Å². The molecule has 0 atom stereocenters. The van der Waals surface area contributed by atoms with Crippen LogP contribution in [-0.4, -0.2) is 16.3 Å². The van der Waals surface area contributed by atoms with Crippen LogP contribution in [0.4, 0.5) is 0 Å². The van der Waals surface area contributed by atoms with Gasteiger partial charge in [-0.25, -0.2) is 4.79 Å². The smallest absolute Gasteiger partial charge is 0.403 e. The van der Waals surface area contributed by atoms with Gasteiger partial charge in [0, 0.05) is 18.1 Å². The largest absolute Gasteiger partial charge is 0.455 e. The normalized spacial score (nSPS) is 14.3. The van der Waals surface area contributed by atoms with Crippen LogP contribution in [-0.2, 0) is 11.3 Å². The summed E-state index contributed by atoms with van der Waals surface area (Å²) < 4.78 is 15.6. The fraction of sp³-hybridized carbons (Fsp3) is 0.375. The number of esters is 1. The van der Waals surface area contributed by atoms with Gasteiger partial charge in [-0.1, -0.05) is 10.3 Å². The molecule has 3 aromatic rings. The number of nitrogens with zero attached hydrogens (tertiary/aromatic N) is 2. The first-order valence-electron chi connectivity index (χ1n) is 7.53. The van der Waals surface area contributed by atoms with E-state index >= 15 is 0 Å². The van der Waals surface area contributed by atoms with E-state index in [4.69, 9.17) is 13.8 Å². The number of aryl methyl sites for hydroxylation is 2. The summed E-state index contributed by atoms with van der Waals surface area (Å²) in [7, 11) is 0. The number of H-pyrrole nitrogens is 1. The Bertz CT molecular complexity index is 892. The molecule has 23 heavy (non-hydrogen) atoms. The maximum Gasteiger partial charge on any atom is 0.403 e. The molecule has 1 N–H and O–H groups in total. The van der Waals surface area contributed by atoms with Crippen molar-refractivity contribution in [1.29, 1.82) is 0 Å². The minimum Gasteiger partial charge on any atom is -0.455 e. The van der Waals surface area contributed by atoms with Gasteiger partial charge in [0.25, 0.3) is 0 Å². The molecule has 3 aromatic heterocycles. The van der Waals surface area contributed by atoms with Crippen molar-refractivity contribution in [3.8, 4) is 0 Å². The molecular formula is C16H16N3O4+. The van der Waals surface area contributed by atoms with Crippen molar-refractivity contribution in [2.24, 2.45) is 0 Å². The molecule has 0 spiro atoms. The lowest BCUT2D eigenvalue weighted by Crippen LogP contribution is -2.15. The van der Waals surface area contributed by atoms with Gasteiger partial charge >= 0.3 is 11.7 Å². The molecule has 7 heteroatoms. The van der Waals surface area contributed by atoms with Gasteiger partial charge in [0.15, 0.2) is 5.69 Å². The van der Waals surface area contributed by atoms with E-state index in [1.807, 2.05) is 6.07 Å². The summed E-state index contributed by atoms with van der Waals surface area (Å²) in [6.07, 6.45) is 2.23. The second-order valence-electron chi connectivity index (χ2n) is 5.89. The standard InChI is InChI=1S/C16H15N3O4/c1-8-5-11(19-22-8)7-21-16(20)12-6-13(10-3-4-10)17-15-14(12)9(2)18-23-15/h5-6,10H,3-4,7H2,1-2H3/p+1. The zero-order valence-corrected chi connectivity index (χ0v) is 12.9. The molecule has 0 unspecified atom stereocenters. The summed E-state index contributed by atoms with van der Waals surface area (Å²) in [4.78, 5) is 15.7. The summed E-state index contributed by atoms with van der Waals surface area (Å²) in [5.41, 5.74) is 3.20. The lowest BCUT2D eigenvalue weighted by Gasteiger charge is -2.03. The van der Waals surface area contributed by atoms with E-state index < -0.39 is 5.97 Å². The first-order chi connectivity index (χ1) is 11.1. The number of fused-ring (bicyclic) bond motifs is 1. The van der Waals surface area contributed by atoms with Crippen LogP contribution in [0.15, 0.2) is 21.2 Å². The molecule has 0 amide bonds. The quantitative estimate of drug-likeness (QED) is 0.687. The zero-order chi connectivity index (χ0) is 16.0. The van der Waals surface area contributed by atoms with E-state index in [0.29, 0.717) is 39.7 Å². The van der Waals surface area contributed by atoms with Gasteiger partial charge in [-0.05, 0) is 26.7 Å². The number of hydrogen-bond acceptors (Lipinski definition) is 6. The predicted molar refractivity (Wildman–Crippen MR) is 77.6 cm³/mol. The first kappa shape index (κ1) is 13.9. The van der Waals surface area contributed by atoms with Crippen molar-refractivity contribution in [1.82, 2.24) is 10.3 Å². The highest BCUT2D eigenvalue weighted by atomic mass is 16.5. The minimum absolute atomic E-state index is 0.0688. The van der Waals surface area contributed by atoms with Crippen molar-refractivity contribution >= 4 is 17.1 Å². The molecular weight excluding hydrogens is 298 g/mol. The molecule has 4 rings (SSSR count). The third-order valence-electron chi connectivity index (χ3n) is 3.95. The molecule has 1 aliphatic carbocycles. The Morgan fingerprint density at radius 1 is 1.30 bits per heavy atom. The number of hydrogen-bond donors (Lipinski definition) is 0. The molecule has 1 fully saturated rings. The third-order valence-corrected chi connectivity index (χ3v) is 3.95. The number of carbonyl (C=O) groups is 1. The second kappa shape index (κ2) is 5.19. The molecule has 3 heterocycles. The number of aromatic amines is 1. The number of rotatable bonds is 4. The van der Waals surface area contributed by atoms with Crippen LogP contribution < -0.4 is 4.98 Å². The Morgan fingerprint density at radius 3 is 2.83 bits per heavy atom. The number of ether oxygens (including phenoxy) is 1. The SMILES string of the molecule is Cc1cc(COC(=O)c2cc(C3CC3)[nH+]c3onc(C)c23)no1. The molecule has 1 aliphatic rings. The molecule has 0 aliphatic heterocycles.